The van der Waals surface area contributed by atoms with Crippen molar-refractivity contribution in [1.29, 1.82) is 0 Å². The second-order valence-electron chi connectivity index (χ2n) is 5.75. The number of sulfonamides is 1. The number of aromatic nitrogens is 1. The second kappa shape index (κ2) is 6.08. The van der Waals surface area contributed by atoms with E-state index in [0.29, 0.717) is 29.2 Å². The fourth-order valence-electron chi connectivity index (χ4n) is 2.49. The van der Waals surface area contributed by atoms with Crippen LogP contribution in [-0.2, 0) is 22.4 Å². The van der Waals surface area contributed by atoms with Gasteiger partial charge in [0.15, 0.2) is 0 Å². The van der Waals surface area contributed by atoms with Gasteiger partial charge in [-0.3, -0.25) is 0 Å². The van der Waals surface area contributed by atoms with E-state index < -0.39 is 10.0 Å². The summed E-state index contributed by atoms with van der Waals surface area (Å²) in [5.74, 6) is 1.49. The monoisotopic (exact) mass is 318 g/mol. The second-order valence-corrected chi connectivity index (χ2v) is 8.06. The Bertz CT molecular complexity index is 568. The minimum absolute atomic E-state index is 0.332. The van der Waals surface area contributed by atoms with Gasteiger partial charge in [-0.15, -0.1) is 11.6 Å². The fraction of sp³-hybridized carbons (Fsp3) is 0.714. The Morgan fingerprint density at radius 1 is 1.50 bits per heavy atom. The van der Waals surface area contributed by atoms with Crippen LogP contribution in [0.15, 0.2) is 17.2 Å². The summed E-state index contributed by atoms with van der Waals surface area (Å²) < 4.78 is 28.5. The van der Waals surface area contributed by atoms with Crippen LogP contribution in [-0.4, -0.2) is 30.9 Å². The van der Waals surface area contributed by atoms with Gasteiger partial charge in [-0.25, -0.2) is 12.7 Å². The van der Waals surface area contributed by atoms with Gasteiger partial charge in [0, 0.05) is 32.0 Å². The highest BCUT2D eigenvalue weighted by Gasteiger charge is 2.36. The average molecular weight is 319 g/mol. The molecule has 0 aromatic carbocycles. The zero-order chi connectivity index (χ0) is 14.9. The van der Waals surface area contributed by atoms with E-state index in [1.54, 1.807) is 19.3 Å². The first-order chi connectivity index (χ1) is 9.40. The minimum Gasteiger partial charge on any atom is -0.349 e. The average Bonchev–Trinajstić information content (AvgIpc) is 2.91. The number of hydrogen-bond acceptors (Lipinski definition) is 2. The van der Waals surface area contributed by atoms with Crippen LogP contribution in [0.25, 0.3) is 0 Å². The maximum Gasteiger partial charge on any atom is 0.244 e. The minimum atomic E-state index is -3.39. The van der Waals surface area contributed by atoms with Crippen molar-refractivity contribution < 1.29 is 8.42 Å². The molecule has 2 unspecified atom stereocenters. The van der Waals surface area contributed by atoms with Gasteiger partial charge in [0.2, 0.25) is 10.0 Å². The van der Waals surface area contributed by atoms with Crippen LogP contribution >= 0.6 is 11.6 Å². The predicted octanol–water partition coefficient (Wildman–Crippen LogP) is 2.91. The number of nitrogens with zero attached hydrogens (tertiary/aromatic N) is 2. The van der Waals surface area contributed by atoms with Crippen LogP contribution < -0.4 is 0 Å². The molecule has 0 N–H and O–H groups in total. The molecule has 114 valence electrons. The molecule has 1 heterocycles. The Hall–Kier alpha value is -0.520. The predicted molar refractivity (Wildman–Crippen MR) is 81.4 cm³/mol. The van der Waals surface area contributed by atoms with Crippen molar-refractivity contribution in [3.63, 3.8) is 0 Å². The summed E-state index contributed by atoms with van der Waals surface area (Å²) in [5, 5.41) is 0. The molecule has 4 nitrogen and oxygen atoms in total. The molecule has 0 aliphatic heterocycles. The molecule has 1 aromatic heterocycles. The van der Waals surface area contributed by atoms with Gasteiger partial charge < -0.3 is 4.57 Å². The Labute approximate surface area is 126 Å². The van der Waals surface area contributed by atoms with Gasteiger partial charge in [0.1, 0.15) is 4.90 Å². The van der Waals surface area contributed by atoms with E-state index in [1.165, 1.54) is 4.31 Å². The quantitative estimate of drug-likeness (QED) is 0.725. The molecule has 1 aliphatic rings. The highest BCUT2D eigenvalue weighted by atomic mass is 35.5. The Morgan fingerprint density at radius 3 is 2.65 bits per heavy atom. The smallest absolute Gasteiger partial charge is 0.244 e. The standard InChI is InChI=1S/C14H23ClN2O2S/c1-4-5-17-10-14(7-13(17)8-15)20(18,19)16(3)9-12-6-11(12)2/h7,10-12H,4-6,8-9H2,1-3H3. The van der Waals surface area contributed by atoms with E-state index in [1.807, 2.05) is 4.57 Å². The van der Waals surface area contributed by atoms with Crippen molar-refractivity contribution in [1.82, 2.24) is 8.87 Å². The summed E-state index contributed by atoms with van der Waals surface area (Å²) in [4.78, 5) is 0.359. The van der Waals surface area contributed by atoms with Crippen LogP contribution in [0.5, 0.6) is 0 Å². The highest BCUT2D eigenvalue weighted by Crippen LogP contribution is 2.38. The molecule has 0 bridgehead atoms. The fourth-order valence-corrected chi connectivity index (χ4v) is 4.01. The zero-order valence-corrected chi connectivity index (χ0v) is 13.9. The van der Waals surface area contributed by atoms with Crippen LogP contribution in [0.4, 0.5) is 0 Å². The van der Waals surface area contributed by atoms with Gasteiger partial charge in [0.05, 0.1) is 5.88 Å². The summed E-state index contributed by atoms with van der Waals surface area (Å²) in [6.45, 7) is 5.63. The van der Waals surface area contributed by atoms with Crippen molar-refractivity contribution in [2.75, 3.05) is 13.6 Å². The summed E-state index contributed by atoms with van der Waals surface area (Å²) in [7, 11) is -1.73. The van der Waals surface area contributed by atoms with Gasteiger partial charge in [-0.2, -0.15) is 0 Å². The van der Waals surface area contributed by atoms with Crippen LogP contribution in [0.1, 0.15) is 32.4 Å². The lowest BCUT2D eigenvalue weighted by Gasteiger charge is -2.15. The lowest BCUT2D eigenvalue weighted by Crippen LogP contribution is -2.29. The molecule has 0 saturated heterocycles. The summed E-state index contributed by atoms with van der Waals surface area (Å²) in [6.07, 6.45) is 3.79. The van der Waals surface area contributed by atoms with Gasteiger partial charge in [-0.05, 0) is 30.7 Å². The first kappa shape index (κ1) is 15.9. The van der Waals surface area contributed by atoms with Gasteiger partial charge in [-0.1, -0.05) is 13.8 Å². The number of aryl methyl sites for hydroxylation is 1. The Kier molecular flexibility index (Phi) is 4.82. The molecule has 0 amide bonds. The summed E-state index contributed by atoms with van der Waals surface area (Å²) >= 11 is 5.89. The molecule has 2 rings (SSSR count). The van der Waals surface area contributed by atoms with E-state index in [0.717, 1.165) is 25.1 Å². The molecule has 6 heteroatoms. The molecule has 1 saturated carbocycles. The zero-order valence-electron chi connectivity index (χ0n) is 12.3. The lowest BCUT2D eigenvalue weighted by molar-refractivity contribution is 0.444. The van der Waals surface area contributed by atoms with Gasteiger partial charge in [0.25, 0.3) is 0 Å². The molecule has 2 atom stereocenters. The largest absolute Gasteiger partial charge is 0.349 e. The van der Waals surface area contributed by atoms with Crippen LogP contribution in [0, 0.1) is 11.8 Å². The molecule has 1 aliphatic carbocycles. The van der Waals surface area contributed by atoms with E-state index in [-0.39, 0.29) is 0 Å². The number of hydrogen-bond donors (Lipinski definition) is 0. The third-order valence-electron chi connectivity index (χ3n) is 4.04. The lowest BCUT2D eigenvalue weighted by atomic mass is 10.3. The Morgan fingerprint density at radius 2 is 2.15 bits per heavy atom. The molecule has 0 radical (unpaired) electrons. The van der Waals surface area contributed by atoms with Crippen molar-refractivity contribution in [3.05, 3.63) is 18.0 Å². The maximum atomic E-state index is 12.6. The van der Waals surface area contributed by atoms with Crippen molar-refractivity contribution in [2.24, 2.45) is 11.8 Å². The normalized spacial score (nSPS) is 22.4. The number of alkyl halides is 1. The first-order valence-corrected chi connectivity index (χ1v) is 9.09. The van der Waals surface area contributed by atoms with E-state index in [2.05, 4.69) is 13.8 Å². The van der Waals surface area contributed by atoms with Crippen molar-refractivity contribution in [3.8, 4) is 0 Å². The topological polar surface area (TPSA) is 42.3 Å². The van der Waals surface area contributed by atoms with Crippen molar-refractivity contribution in [2.45, 2.75) is 44.0 Å². The van der Waals surface area contributed by atoms with Crippen LogP contribution in [0.3, 0.4) is 0 Å². The molecule has 1 aromatic rings. The molecule has 1 fully saturated rings. The molecular weight excluding hydrogens is 296 g/mol. The summed E-state index contributed by atoms with van der Waals surface area (Å²) in [6, 6.07) is 1.70. The highest BCUT2D eigenvalue weighted by molar-refractivity contribution is 7.89. The van der Waals surface area contributed by atoms with Crippen molar-refractivity contribution >= 4 is 21.6 Å². The molecule has 0 spiro atoms. The third kappa shape index (κ3) is 3.21. The summed E-state index contributed by atoms with van der Waals surface area (Å²) in [5.41, 5.74) is 0.861. The van der Waals surface area contributed by atoms with E-state index in [9.17, 15) is 8.42 Å². The molecule has 20 heavy (non-hydrogen) atoms. The van der Waals surface area contributed by atoms with E-state index >= 15 is 0 Å². The van der Waals surface area contributed by atoms with E-state index in [4.69, 9.17) is 11.6 Å². The van der Waals surface area contributed by atoms with Gasteiger partial charge >= 0.3 is 0 Å². The number of rotatable bonds is 7. The van der Waals surface area contributed by atoms with Crippen LogP contribution in [0.2, 0.25) is 0 Å². The SMILES string of the molecule is CCCn1cc(S(=O)(=O)N(C)CC2CC2C)cc1CCl. The Balaban J connectivity index is 2.19. The number of halogens is 1. The third-order valence-corrected chi connectivity index (χ3v) is 6.10. The maximum absolute atomic E-state index is 12.6. The first-order valence-electron chi connectivity index (χ1n) is 7.11. The molecular formula is C14H23ClN2O2S.